The highest BCUT2D eigenvalue weighted by atomic mass is 79.9. The second kappa shape index (κ2) is 2.54. The van der Waals surface area contributed by atoms with Crippen LogP contribution in [0.25, 0.3) is 11.1 Å². The largest absolute Gasteiger partial charge is 0.431 e. The van der Waals surface area contributed by atoms with Crippen molar-refractivity contribution in [1.29, 1.82) is 0 Å². The third-order valence-corrected chi connectivity index (χ3v) is 2.60. The third-order valence-electron chi connectivity index (χ3n) is 2.20. The van der Waals surface area contributed by atoms with Gasteiger partial charge < -0.3 is 4.42 Å². The quantitative estimate of drug-likeness (QED) is 0.767. The van der Waals surface area contributed by atoms with E-state index in [0.29, 0.717) is 16.3 Å². The summed E-state index contributed by atoms with van der Waals surface area (Å²) in [5.74, 6) is 1.50. The first-order valence-electron chi connectivity index (χ1n) is 4.25. The molecule has 1 aliphatic carbocycles. The number of furan rings is 1. The predicted molar refractivity (Wildman–Crippen MR) is 51.5 cm³/mol. The lowest BCUT2D eigenvalue weighted by molar-refractivity contribution is 0.572. The molecule has 0 amide bonds. The van der Waals surface area contributed by atoms with Gasteiger partial charge in [-0.05, 0) is 28.8 Å². The van der Waals surface area contributed by atoms with E-state index in [9.17, 15) is 0 Å². The van der Waals surface area contributed by atoms with Crippen LogP contribution in [0, 0.1) is 0 Å². The van der Waals surface area contributed by atoms with Crippen LogP contribution in [0.2, 0.25) is 0 Å². The molecule has 4 heteroatoms. The smallest absolute Gasteiger partial charge is 0.230 e. The van der Waals surface area contributed by atoms with Crippen molar-refractivity contribution in [2.24, 2.45) is 0 Å². The highest BCUT2D eigenvalue weighted by molar-refractivity contribution is 9.10. The summed E-state index contributed by atoms with van der Waals surface area (Å²) in [7, 11) is 0. The monoisotopic (exact) mass is 238 g/mol. The second-order valence-corrected chi connectivity index (χ2v) is 4.10. The Bertz CT molecular complexity index is 462. The summed E-state index contributed by atoms with van der Waals surface area (Å²) >= 11 is 3.27. The summed E-state index contributed by atoms with van der Waals surface area (Å²) in [5, 5.41) is 0.955. The van der Waals surface area contributed by atoms with E-state index in [2.05, 4.69) is 25.9 Å². The lowest BCUT2D eigenvalue weighted by Crippen LogP contribution is -1.89. The molecule has 3 rings (SSSR count). The summed E-state index contributed by atoms with van der Waals surface area (Å²) in [5.41, 5.74) is 0.684. The fourth-order valence-electron chi connectivity index (χ4n) is 1.35. The lowest BCUT2D eigenvalue weighted by atomic mass is 10.3. The van der Waals surface area contributed by atoms with Gasteiger partial charge in [0.2, 0.25) is 5.71 Å². The van der Waals surface area contributed by atoms with Crippen LogP contribution >= 0.6 is 15.9 Å². The average molecular weight is 239 g/mol. The van der Waals surface area contributed by atoms with Crippen LogP contribution in [-0.2, 0) is 0 Å². The molecular weight excluding hydrogens is 232 g/mol. The van der Waals surface area contributed by atoms with Gasteiger partial charge >= 0.3 is 0 Å². The molecule has 1 saturated carbocycles. The fraction of sp³-hybridized carbons (Fsp3) is 0.333. The second-order valence-electron chi connectivity index (χ2n) is 3.31. The summed E-state index contributed by atoms with van der Waals surface area (Å²) in [6.07, 6.45) is 4.25. The van der Waals surface area contributed by atoms with Crippen molar-refractivity contribution in [3.8, 4) is 0 Å². The zero-order valence-corrected chi connectivity index (χ0v) is 8.41. The Labute approximate surface area is 83.3 Å². The summed E-state index contributed by atoms with van der Waals surface area (Å²) in [6, 6.07) is 1.88. The van der Waals surface area contributed by atoms with Gasteiger partial charge in [0.1, 0.15) is 5.82 Å². The molecule has 0 aromatic carbocycles. The molecule has 0 bridgehead atoms. The molecule has 0 radical (unpaired) electrons. The van der Waals surface area contributed by atoms with Gasteiger partial charge in [0.25, 0.3) is 0 Å². The standard InChI is InChI=1S/C9H7BrN2O/c10-7-3-6-4-11-8(5-1-2-5)12-9(6)13-7/h3-5H,1-2H2. The molecular formula is C9H7BrN2O. The van der Waals surface area contributed by atoms with Crippen molar-refractivity contribution >= 4 is 27.0 Å². The lowest BCUT2D eigenvalue weighted by Gasteiger charge is -1.93. The van der Waals surface area contributed by atoms with Gasteiger partial charge in [-0.3, -0.25) is 0 Å². The number of rotatable bonds is 1. The summed E-state index contributed by atoms with van der Waals surface area (Å²) in [4.78, 5) is 8.64. The van der Waals surface area contributed by atoms with Crippen LogP contribution in [0.15, 0.2) is 21.3 Å². The van der Waals surface area contributed by atoms with Gasteiger partial charge in [0.15, 0.2) is 4.67 Å². The number of hydrogen-bond acceptors (Lipinski definition) is 3. The van der Waals surface area contributed by atoms with Crippen molar-refractivity contribution in [2.75, 3.05) is 0 Å². The topological polar surface area (TPSA) is 38.9 Å². The zero-order chi connectivity index (χ0) is 8.84. The molecule has 2 aromatic heterocycles. The first-order chi connectivity index (χ1) is 6.33. The SMILES string of the molecule is Brc1cc2cnc(C3CC3)nc2o1. The van der Waals surface area contributed by atoms with E-state index in [0.717, 1.165) is 11.2 Å². The van der Waals surface area contributed by atoms with Crippen molar-refractivity contribution < 1.29 is 4.42 Å². The molecule has 1 aliphatic rings. The summed E-state index contributed by atoms with van der Waals surface area (Å²) in [6.45, 7) is 0. The Morgan fingerprint density at radius 3 is 3.08 bits per heavy atom. The molecule has 2 aromatic rings. The van der Waals surface area contributed by atoms with E-state index in [1.165, 1.54) is 12.8 Å². The van der Waals surface area contributed by atoms with E-state index in [1.54, 1.807) is 0 Å². The Hall–Kier alpha value is -0.900. The normalized spacial score (nSPS) is 16.7. The van der Waals surface area contributed by atoms with Crippen LogP contribution in [-0.4, -0.2) is 9.97 Å². The minimum atomic E-state index is 0.577. The van der Waals surface area contributed by atoms with Crippen molar-refractivity contribution in [3.05, 3.63) is 22.8 Å². The molecule has 0 unspecified atom stereocenters. The molecule has 0 aliphatic heterocycles. The van der Waals surface area contributed by atoms with E-state index in [1.807, 2.05) is 12.3 Å². The van der Waals surface area contributed by atoms with E-state index < -0.39 is 0 Å². The number of fused-ring (bicyclic) bond motifs is 1. The van der Waals surface area contributed by atoms with Gasteiger partial charge in [-0.15, -0.1) is 0 Å². The molecule has 66 valence electrons. The molecule has 13 heavy (non-hydrogen) atoms. The minimum Gasteiger partial charge on any atom is -0.431 e. The molecule has 1 fully saturated rings. The van der Waals surface area contributed by atoms with Crippen molar-refractivity contribution in [2.45, 2.75) is 18.8 Å². The van der Waals surface area contributed by atoms with Gasteiger partial charge in [0, 0.05) is 18.2 Å². The van der Waals surface area contributed by atoms with Crippen molar-refractivity contribution in [3.63, 3.8) is 0 Å². The first-order valence-corrected chi connectivity index (χ1v) is 5.04. The molecule has 0 atom stereocenters. The van der Waals surface area contributed by atoms with Gasteiger partial charge in [-0.25, -0.2) is 4.98 Å². The minimum absolute atomic E-state index is 0.577. The number of nitrogens with zero attached hydrogens (tertiary/aromatic N) is 2. The molecule has 0 N–H and O–H groups in total. The van der Waals surface area contributed by atoms with Gasteiger partial charge in [-0.1, -0.05) is 0 Å². The highest BCUT2D eigenvalue weighted by Gasteiger charge is 2.26. The zero-order valence-electron chi connectivity index (χ0n) is 6.83. The maximum absolute atomic E-state index is 5.35. The molecule has 3 nitrogen and oxygen atoms in total. The number of halogens is 1. The molecule has 2 heterocycles. The Balaban J connectivity index is 2.20. The Morgan fingerprint density at radius 2 is 2.31 bits per heavy atom. The van der Waals surface area contributed by atoms with Gasteiger partial charge in [-0.2, -0.15) is 4.98 Å². The molecule has 0 saturated heterocycles. The number of aromatic nitrogens is 2. The Morgan fingerprint density at radius 1 is 1.46 bits per heavy atom. The first kappa shape index (κ1) is 7.50. The van der Waals surface area contributed by atoms with E-state index in [-0.39, 0.29) is 0 Å². The average Bonchev–Trinajstić information content (AvgIpc) is 2.87. The van der Waals surface area contributed by atoms with Crippen LogP contribution in [0.4, 0.5) is 0 Å². The van der Waals surface area contributed by atoms with Gasteiger partial charge in [0.05, 0.1) is 5.39 Å². The third kappa shape index (κ3) is 1.25. The fourth-order valence-corrected chi connectivity index (χ4v) is 1.75. The van der Waals surface area contributed by atoms with Crippen LogP contribution in [0.1, 0.15) is 24.6 Å². The van der Waals surface area contributed by atoms with E-state index in [4.69, 9.17) is 4.42 Å². The maximum atomic E-state index is 5.35. The highest BCUT2D eigenvalue weighted by Crippen LogP contribution is 2.38. The van der Waals surface area contributed by atoms with E-state index >= 15 is 0 Å². The summed E-state index contributed by atoms with van der Waals surface area (Å²) < 4.78 is 6.06. The van der Waals surface area contributed by atoms with Crippen LogP contribution in [0.3, 0.4) is 0 Å². The van der Waals surface area contributed by atoms with Crippen LogP contribution in [0.5, 0.6) is 0 Å². The predicted octanol–water partition coefficient (Wildman–Crippen LogP) is 2.86. The maximum Gasteiger partial charge on any atom is 0.230 e. The Kier molecular flexibility index (Phi) is 1.47. The molecule has 0 spiro atoms. The number of hydrogen-bond donors (Lipinski definition) is 0. The van der Waals surface area contributed by atoms with Crippen molar-refractivity contribution in [1.82, 2.24) is 9.97 Å². The van der Waals surface area contributed by atoms with Crippen LogP contribution < -0.4 is 0 Å².